The van der Waals surface area contributed by atoms with Gasteiger partial charge in [-0.15, -0.1) is 0 Å². The van der Waals surface area contributed by atoms with Crippen LogP contribution in [0.2, 0.25) is 5.28 Å². The standard InChI is InChI=1S/C9H11ClN4O2/c1-6-2-3-13(5-6)8-7(14(15)16)4-11-9(10)12-8/h4,6H,2-3,5H2,1H3. The number of halogens is 1. The Morgan fingerprint density at radius 3 is 3.00 bits per heavy atom. The van der Waals surface area contributed by atoms with Gasteiger partial charge >= 0.3 is 5.69 Å². The van der Waals surface area contributed by atoms with Gasteiger partial charge in [-0.2, -0.15) is 4.98 Å². The molecule has 0 radical (unpaired) electrons. The van der Waals surface area contributed by atoms with E-state index >= 15 is 0 Å². The van der Waals surface area contributed by atoms with Crippen molar-refractivity contribution in [1.82, 2.24) is 9.97 Å². The van der Waals surface area contributed by atoms with Gasteiger partial charge in [0.1, 0.15) is 6.20 Å². The van der Waals surface area contributed by atoms with Crippen molar-refractivity contribution in [2.75, 3.05) is 18.0 Å². The maximum atomic E-state index is 10.8. The minimum Gasteiger partial charge on any atom is -0.350 e. The average Bonchev–Trinajstić information content (AvgIpc) is 2.64. The zero-order valence-electron chi connectivity index (χ0n) is 8.76. The van der Waals surface area contributed by atoms with Crippen LogP contribution < -0.4 is 4.90 Å². The highest BCUT2D eigenvalue weighted by Gasteiger charge is 2.27. The monoisotopic (exact) mass is 242 g/mol. The molecule has 1 aromatic heterocycles. The smallest absolute Gasteiger partial charge is 0.329 e. The summed E-state index contributed by atoms with van der Waals surface area (Å²) in [6.45, 7) is 3.65. The van der Waals surface area contributed by atoms with Gasteiger partial charge in [0.05, 0.1) is 4.92 Å². The van der Waals surface area contributed by atoms with E-state index in [-0.39, 0.29) is 11.0 Å². The fraction of sp³-hybridized carbons (Fsp3) is 0.556. The van der Waals surface area contributed by atoms with Crippen LogP contribution in [0.15, 0.2) is 6.20 Å². The molecule has 0 amide bonds. The SMILES string of the molecule is CC1CCN(c2nc(Cl)ncc2[N+](=O)[O-])C1. The first-order chi connectivity index (χ1) is 7.58. The van der Waals surface area contributed by atoms with E-state index in [0.717, 1.165) is 25.7 Å². The van der Waals surface area contributed by atoms with Crippen molar-refractivity contribution in [3.05, 3.63) is 21.6 Å². The molecule has 0 aliphatic carbocycles. The molecule has 16 heavy (non-hydrogen) atoms. The summed E-state index contributed by atoms with van der Waals surface area (Å²) in [5.74, 6) is 0.850. The molecule has 1 aromatic rings. The Labute approximate surface area is 97.4 Å². The van der Waals surface area contributed by atoms with E-state index in [1.807, 2.05) is 4.90 Å². The van der Waals surface area contributed by atoms with Crippen LogP contribution in [0.5, 0.6) is 0 Å². The molecule has 0 saturated carbocycles. The molecule has 0 N–H and O–H groups in total. The van der Waals surface area contributed by atoms with Crippen molar-refractivity contribution < 1.29 is 4.92 Å². The third-order valence-corrected chi connectivity index (χ3v) is 2.82. The van der Waals surface area contributed by atoms with Crippen molar-refractivity contribution in [1.29, 1.82) is 0 Å². The molecule has 7 heteroatoms. The summed E-state index contributed by atoms with van der Waals surface area (Å²) >= 11 is 5.66. The van der Waals surface area contributed by atoms with Crippen LogP contribution >= 0.6 is 11.6 Å². The molecule has 0 spiro atoms. The molecular formula is C9H11ClN4O2. The lowest BCUT2D eigenvalue weighted by Crippen LogP contribution is -2.21. The minimum absolute atomic E-state index is 0.0418. The summed E-state index contributed by atoms with van der Waals surface area (Å²) in [5, 5.41) is 10.9. The third kappa shape index (κ3) is 2.06. The molecule has 0 bridgehead atoms. The Balaban J connectivity index is 2.37. The predicted molar refractivity (Wildman–Crippen MR) is 59.7 cm³/mol. The molecule has 2 heterocycles. The fourth-order valence-corrected chi connectivity index (χ4v) is 1.96. The number of rotatable bonds is 2. The Hall–Kier alpha value is -1.43. The molecule has 1 saturated heterocycles. The van der Waals surface area contributed by atoms with Crippen LogP contribution in [-0.4, -0.2) is 28.0 Å². The third-order valence-electron chi connectivity index (χ3n) is 2.64. The molecular weight excluding hydrogens is 232 g/mol. The number of hydrogen-bond donors (Lipinski definition) is 0. The maximum absolute atomic E-state index is 10.8. The molecule has 1 unspecified atom stereocenters. The van der Waals surface area contributed by atoms with Crippen LogP contribution in [-0.2, 0) is 0 Å². The van der Waals surface area contributed by atoms with Crippen LogP contribution in [0, 0.1) is 16.0 Å². The topological polar surface area (TPSA) is 72.2 Å². The molecule has 1 aliphatic rings. The van der Waals surface area contributed by atoms with E-state index in [2.05, 4.69) is 16.9 Å². The molecule has 1 aliphatic heterocycles. The van der Waals surface area contributed by atoms with Crippen molar-refractivity contribution >= 4 is 23.1 Å². The van der Waals surface area contributed by atoms with Crippen molar-refractivity contribution in [3.63, 3.8) is 0 Å². The second-order valence-electron chi connectivity index (χ2n) is 3.94. The van der Waals surface area contributed by atoms with Crippen LogP contribution in [0.3, 0.4) is 0 Å². The van der Waals surface area contributed by atoms with Gasteiger partial charge in [-0.25, -0.2) is 4.98 Å². The summed E-state index contributed by atoms with van der Waals surface area (Å²) < 4.78 is 0. The largest absolute Gasteiger partial charge is 0.350 e. The quantitative estimate of drug-likeness (QED) is 0.450. The van der Waals surface area contributed by atoms with E-state index in [4.69, 9.17) is 11.6 Å². The summed E-state index contributed by atoms with van der Waals surface area (Å²) in [6, 6.07) is 0. The van der Waals surface area contributed by atoms with Crippen LogP contribution in [0.1, 0.15) is 13.3 Å². The van der Waals surface area contributed by atoms with E-state index in [9.17, 15) is 10.1 Å². The van der Waals surface area contributed by atoms with E-state index in [1.54, 1.807) is 0 Å². The predicted octanol–water partition coefficient (Wildman–Crippen LogP) is 1.88. The van der Waals surface area contributed by atoms with Gasteiger partial charge in [-0.05, 0) is 23.9 Å². The lowest BCUT2D eigenvalue weighted by atomic mass is 10.2. The Bertz CT molecular complexity index is 426. The Morgan fingerprint density at radius 1 is 1.69 bits per heavy atom. The summed E-state index contributed by atoms with van der Waals surface area (Å²) in [4.78, 5) is 19.8. The number of aromatic nitrogens is 2. The van der Waals surface area contributed by atoms with Gasteiger partial charge < -0.3 is 4.90 Å². The number of hydrogen-bond acceptors (Lipinski definition) is 5. The summed E-state index contributed by atoms with van der Waals surface area (Å²) in [7, 11) is 0. The minimum atomic E-state index is -0.478. The van der Waals surface area contributed by atoms with Crippen molar-refractivity contribution in [2.45, 2.75) is 13.3 Å². The second-order valence-corrected chi connectivity index (χ2v) is 4.28. The number of anilines is 1. The lowest BCUT2D eigenvalue weighted by molar-refractivity contribution is -0.384. The fourth-order valence-electron chi connectivity index (χ4n) is 1.83. The Kier molecular flexibility index (Phi) is 2.91. The average molecular weight is 243 g/mol. The summed E-state index contributed by atoms with van der Waals surface area (Å²) in [5.41, 5.74) is -0.0847. The highest BCUT2D eigenvalue weighted by atomic mass is 35.5. The zero-order valence-corrected chi connectivity index (χ0v) is 9.52. The first-order valence-electron chi connectivity index (χ1n) is 5.00. The van der Waals surface area contributed by atoms with Gasteiger partial charge in [0.25, 0.3) is 0 Å². The number of nitro groups is 1. The molecule has 1 atom stereocenters. The van der Waals surface area contributed by atoms with Crippen LogP contribution in [0.4, 0.5) is 11.5 Å². The lowest BCUT2D eigenvalue weighted by Gasteiger charge is -2.16. The van der Waals surface area contributed by atoms with E-state index in [0.29, 0.717) is 11.7 Å². The summed E-state index contributed by atoms with van der Waals surface area (Å²) in [6.07, 6.45) is 2.17. The molecule has 1 fully saturated rings. The van der Waals surface area contributed by atoms with Crippen molar-refractivity contribution in [2.24, 2.45) is 5.92 Å². The normalized spacial score (nSPS) is 20.1. The van der Waals surface area contributed by atoms with Gasteiger partial charge in [0, 0.05) is 13.1 Å². The molecule has 6 nitrogen and oxygen atoms in total. The van der Waals surface area contributed by atoms with Gasteiger partial charge in [0.15, 0.2) is 0 Å². The first-order valence-corrected chi connectivity index (χ1v) is 5.37. The molecule has 2 rings (SSSR count). The molecule has 0 aromatic carbocycles. The van der Waals surface area contributed by atoms with Crippen molar-refractivity contribution in [3.8, 4) is 0 Å². The van der Waals surface area contributed by atoms with E-state index < -0.39 is 4.92 Å². The first kappa shape index (κ1) is 11.1. The van der Waals surface area contributed by atoms with Gasteiger partial charge in [-0.3, -0.25) is 10.1 Å². The van der Waals surface area contributed by atoms with E-state index in [1.165, 1.54) is 0 Å². The van der Waals surface area contributed by atoms with Gasteiger partial charge in [-0.1, -0.05) is 6.92 Å². The van der Waals surface area contributed by atoms with Gasteiger partial charge in [0.2, 0.25) is 11.1 Å². The maximum Gasteiger partial charge on any atom is 0.329 e. The second kappa shape index (κ2) is 4.21. The number of nitrogens with zero attached hydrogens (tertiary/aromatic N) is 4. The highest BCUT2D eigenvalue weighted by molar-refractivity contribution is 6.28. The highest BCUT2D eigenvalue weighted by Crippen LogP contribution is 2.30. The zero-order chi connectivity index (χ0) is 11.7. The Morgan fingerprint density at radius 2 is 2.44 bits per heavy atom. The van der Waals surface area contributed by atoms with Crippen LogP contribution in [0.25, 0.3) is 0 Å². The molecule has 86 valence electrons.